The van der Waals surface area contributed by atoms with Crippen LogP contribution in [0.2, 0.25) is 0 Å². The first-order valence-electron chi connectivity index (χ1n) is 8.21. The minimum absolute atomic E-state index is 0.279. The minimum atomic E-state index is -1.64. The van der Waals surface area contributed by atoms with E-state index in [-0.39, 0.29) is 5.92 Å². The number of primary amides is 1. The average molecular weight is 403 g/mol. The Labute approximate surface area is 160 Å². The number of carbonyl (C=O) groups excluding carboxylic acids is 4. The number of carbonyl (C=O) groups is 6. The largest absolute Gasteiger partial charge is 0.481 e. The van der Waals surface area contributed by atoms with Crippen LogP contribution in [0.15, 0.2) is 0 Å². The Hall–Kier alpha value is -3.22. The fraction of sp³-hybridized carbons (Fsp3) is 0.600. The van der Waals surface area contributed by atoms with Crippen LogP contribution in [0.3, 0.4) is 0 Å². The van der Waals surface area contributed by atoms with E-state index < -0.39 is 73.1 Å². The van der Waals surface area contributed by atoms with Crippen molar-refractivity contribution in [2.24, 2.45) is 17.4 Å². The van der Waals surface area contributed by atoms with Crippen LogP contribution in [-0.2, 0) is 28.8 Å². The molecular formula is C15H25N5O8. The summed E-state index contributed by atoms with van der Waals surface area (Å²) in [6.07, 6.45) is -1.49. The summed E-state index contributed by atoms with van der Waals surface area (Å²) in [7, 11) is 0. The Balaban J connectivity index is 5.30. The molecule has 0 fully saturated rings. The second-order valence-corrected chi connectivity index (χ2v) is 6.27. The normalized spacial score (nSPS) is 13.7. The predicted molar refractivity (Wildman–Crippen MR) is 93.4 cm³/mol. The first-order chi connectivity index (χ1) is 12.8. The van der Waals surface area contributed by atoms with Crippen LogP contribution >= 0.6 is 0 Å². The summed E-state index contributed by atoms with van der Waals surface area (Å²) in [4.78, 5) is 69.0. The number of rotatable bonds is 12. The maximum absolute atomic E-state index is 12.4. The fourth-order valence-electron chi connectivity index (χ4n) is 1.92. The number of hydrogen-bond acceptors (Lipinski definition) is 7. The highest BCUT2D eigenvalue weighted by Crippen LogP contribution is 2.02. The molecule has 0 saturated heterocycles. The van der Waals surface area contributed by atoms with Crippen LogP contribution < -0.4 is 27.4 Å². The molecule has 0 aromatic rings. The molecule has 0 spiro atoms. The molecule has 13 heteroatoms. The van der Waals surface area contributed by atoms with Crippen LogP contribution in [-0.4, -0.2) is 70.5 Å². The van der Waals surface area contributed by atoms with Crippen LogP contribution in [0, 0.1) is 5.92 Å². The summed E-state index contributed by atoms with van der Waals surface area (Å²) in [5, 5.41) is 23.7. The van der Waals surface area contributed by atoms with Crippen LogP contribution in [0.1, 0.15) is 26.7 Å². The molecule has 4 amide bonds. The molecule has 0 aliphatic rings. The zero-order valence-electron chi connectivity index (χ0n) is 15.4. The Morgan fingerprint density at radius 2 is 1.32 bits per heavy atom. The molecule has 0 aromatic carbocycles. The molecule has 9 N–H and O–H groups in total. The summed E-state index contributed by atoms with van der Waals surface area (Å²) in [5.74, 6) is -6.92. The van der Waals surface area contributed by atoms with E-state index in [9.17, 15) is 28.8 Å². The fourth-order valence-corrected chi connectivity index (χ4v) is 1.92. The van der Waals surface area contributed by atoms with Crippen molar-refractivity contribution in [2.45, 2.75) is 44.8 Å². The first kappa shape index (κ1) is 24.8. The van der Waals surface area contributed by atoms with Gasteiger partial charge in [-0.25, -0.2) is 0 Å². The molecule has 13 nitrogen and oxygen atoms in total. The monoisotopic (exact) mass is 403 g/mol. The van der Waals surface area contributed by atoms with E-state index in [1.807, 2.05) is 5.32 Å². The van der Waals surface area contributed by atoms with Crippen molar-refractivity contribution in [2.75, 3.05) is 6.54 Å². The van der Waals surface area contributed by atoms with Gasteiger partial charge in [0.25, 0.3) is 0 Å². The first-order valence-corrected chi connectivity index (χ1v) is 8.21. The van der Waals surface area contributed by atoms with E-state index in [2.05, 4.69) is 10.6 Å². The van der Waals surface area contributed by atoms with Gasteiger partial charge in [-0.05, 0) is 5.92 Å². The summed E-state index contributed by atoms with van der Waals surface area (Å²) in [6.45, 7) is 2.52. The molecule has 0 bridgehead atoms. The van der Waals surface area contributed by atoms with E-state index in [1.165, 1.54) is 0 Å². The summed E-state index contributed by atoms with van der Waals surface area (Å²) in [5.41, 5.74) is 10.7. The van der Waals surface area contributed by atoms with Gasteiger partial charge >= 0.3 is 11.9 Å². The van der Waals surface area contributed by atoms with E-state index in [0.717, 1.165) is 0 Å². The standard InChI is InChI=1S/C15H25N5O8/c1-6(2)12(17)15(28)20-7(3-9(16)21)14(27)19-8(4-10(22)23)13(26)18-5-11(24)25/h6-8,12H,3-5,17H2,1-2H3,(H2,16,21)(H,18,26)(H,19,27)(H,20,28)(H,22,23)(H,24,25). The number of carboxylic acid groups (broad SMARTS) is 2. The topological polar surface area (TPSA) is 231 Å². The second kappa shape index (κ2) is 11.5. The third-order valence-corrected chi connectivity index (χ3v) is 3.48. The van der Waals surface area contributed by atoms with Gasteiger partial charge in [-0.2, -0.15) is 0 Å². The summed E-state index contributed by atoms with van der Waals surface area (Å²) in [6, 6.07) is -4.13. The maximum Gasteiger partial charge on any atom is 0.322 e. The Morgan fingerprint density at radius 1 is 0.821 bits per heavy atom. The second-order valence-electron chi connectivity index (χ2n) is 6.27. The van der Waals surface area contributed by atoms with Crippen molar-refractivity contribution >= 4 is 35.6 Å². The lowest BCUT2D eigenvalue weighted by atomic mass is 10.0. The summed E-state index contributed by atoms with van der Waals surface area (Å²) >= 11 is 0. The molecule has 0 saturated carbocycles. The summed E-state index contributed by atoms with van der Waals surface area (Å²) < 4.78 is 0. The highest BCUT2D eigenvalue weighted by Gasteiger charge is 2.31. The molecule has 0 radical (unpaired) electrons. The zero-order valence-corrected chi connectivity index (χ0v) is 15.4. The Kier molecular flexibility index (Phi) is 10.2. The van der Waals surface area contributed by atoms with Gasteiger partial charge in [-0.15, -0.1) is 0 Å². The van der Waals surface area contributed by atoms with E-state index in [0.29, 0.717) is 0 Å². The smallest absolute Gasteiger partial charge is 0.322 e. The van der Waals surface area contributed by atoms with Crippen molar-refractivity contribution < 1.29 is 39.0 Å². The van der Waals surface area contributed by atoms with Crippen molar-refractivity contribution in [1.82, 2.24) is 16.0 Å². The van der Waals surface area contributed by atoms with Crippen molar-refractivity contribution in [3.05, 3.63) is 0 Å². The number of amides is 4. The van der Waals surface area contributed by atoms with Crippen LogP contribution in [0.4, 0.5) is 0 Å². The molecule has 28 heavy (non-hydrogen) atoms. The lowest BCUT2D eigenvalue weighted by Crippen LogP contribution is -2.57. The van der Waals surface area contributed by atoms with Gasteiger partial charge < -0.3 is 37.6 Å². The molecule has 0 aliphatic heterocycles. The predicted octanol–water partition coefficient (Wildman–Crippen LogP) is -3.51. The Morgan fingerprint density at radius 3 is 1.75 bits per heavy atom. The molecule has 0 heterocycles. The lowest BCUT2D eigenvalue weighted by Gasteiger charge is -2.23. The molecule has 3 atom stereocenters. The van der Waals surface area contributed by atoms with Gasteiger partial charge in [-0.1, -0.05) is 13.8 Å². The van der Waals surface area contributed by atoms with Crippen molar-refractivity contribution in [1.29, 1.82) is 0 Å². The van der Waals surface area contributed by atoms with Gasteiger partial charge in [-0.3, -0.25) is 28.8 Å². The Bertz CT molecular complexity index is 636. The quantitative estimate of drug-likeness (QED) is 0.171. The number of nitrogens with two attached hydrogens (primary N) is 2. The highest BCUT2D eigenvalue weighted by atomic mass is 16.4. The van der Waals surface area contributed by atoms with Gasteiger partial charge in [0.1, 0.15) is 18.6 Å². The van der Waals surface area contributed by atoms with Gasteiger partial charge in [0, 0.05) is 0 Å². The van der Waals surface area contributed by atoms with E-state index >= 15 is 0 Å². The van der Waals surface area contributed by atoms with Gasteiger partial charge in [0.15, 0.2) is 0 Å². The maximum atomic E-state index is 12.4. The van der Waals surface area contributed by atoms with E-state index in [1.54, 1.807) is 13.8 Å². The minimum Gasteiger partial charge on any atom is -0.481 e. The van der Waals surface area contributed by atoms with Gasteiger partial charge in [0.05, 0.1) is 18.9 Å². The van der Waals surface area contributed by atoms with Crippen molar-refractivity contribution in [3.63, 3.8) is 0 Å². The van der Waals surface area contributed by atoms with Crippen molar-refractivity contribution in [3.8, 4) is 0 Å². The van der Waals surface area contributed by atoms with Gasteiger partial charge in [0.2, 0.25) is 23.6 Å². The molecule has 0 aromatic heterocycles. The van der Waals surface area contributed by atoms with Crippen LogP contribution in [0.5, 0.6) is 0 Å². The SMILES string of the molecule is CC(C)C(N)C(=O)NC(CC(N)=O)C(=O)NC(CC(=O)O)C(=O)NCC(=O)O. The van der Waals surface area contributed by atoms with Crippen LogP contribution in [0.25, 0.3) is 0 Å². The molecule has 0 aliphatic carbocycles. The average Bonchev–Trinajstić information content (AvgIpc) is 2.56. The number of carboxylic acids is 2. The molecule has 3 unspecified atom stereocenters. The third kappa shape index (κ3) is 9.47. The lowest BCUT2D eigenvalue weighted by molar-refractivity contribution is -0.142. The number of hydrogen-bond donors (Lipinski definition) is 7. The number of aliphatic carboxylic acids is 2. The number of nitrogens with one attached hydrogen (secondary N) is 3. The highest BCUT2D eigenvalue weighted by molar-refractivity contribution is 5.96. The van der Waals surface area contributed by atoms with E-state index in [4.69, 9.17) is 21.7 Å². The molecule has 158 valence electrons. The zero-order chi connectivity index (χ0) is 22.0. The molecular weight excluding hydrogens is 378 g/mol. The third-order valence-electron chi connectivity index (χ3n) is 3.48. The molecule has 0 rings (SSSR count).